The van der Waals surface area contributed by atoms with Gasteiger partial charge in [0.15, 0.2) is 11.6 Å². The molecule has 1 aromatic carbocycles. The Kier molecular flexibility index (Phi) is 8.84. The SMILES string of the molecule is CCNC(=NCC(C)(C)c1ccc(F)cc1Cl)NCCc1nnc2ccccn12.I. The Morgan fingerprint density at radius 1 is 1.20 bits per heavy atom. The van der Waals surface area contributed by atoms with Crippen molar-refractivity contribution in [2.45, 2.75) is 32.6 Å². The van der Waals surface area contributed by atoms with E-state index in [0.717, 1.165) is 23.6 Å². The fraction of sp³-hybridized carbons (Fsp3) is 0.381. The predicted molar refractivity (Wildman–Crippen MR) is 131 cm³/mol. The Labute approximate surface area is 198 Å². The largest absolute Gasteiger partial charge is 0.357 e. The van der Waals surface area contributed by atoms with Crippen LogP contribution >= 0.6 is 35.6 Å². The van der Waals surface area contributed by atoms with Crippen molar-refractivity contribution in [2.24, 2.45) is 4.99 Å². The topological polar surface area (TPSA) is 66.6 Å². The second-order valence-corrected chi connectivity index (χ2v) is 7.83. The highest BCUT2D eigenvalue weighted by Crippen LogP contribution is 2.30. The molecule has 2 aromatic heterocycles. The summed E-state index contributed by atoms with van der Waals surface area (Å²) in [5.74, 6) is 1.27. The zero-order valence-corrected chi connectivity index (χ0v) is 20.4. The van der Waals surface area contributed by atoms with Gasteiger partial charge in [-0.05, 0) is 36.8 Å². The van der Waals surface area contributed by atoms with E-state index in [1.54, 1.807) is 6.07 Å². The van der Waals surface area contributed by atoms with Crippen molar-refractivity contribution >= 4 is 47.2 Å². The molecule has 0 bridgehead atoms. The van der Waals surface area contributed by atoms with Gasteiger partial charge in [0, 0.05) is 36.1 Å². The van der Waals surface area contributed by atoms with Gasteiger partial charge in [0.25, 0.3) is 0 Å². The fourth-order valence-electron chi connectivity index (χ4n) is 3.10. The van der Waals surface area contributed by atoms with Crippen LogP contribution in [0.25, 0.3) is 5.65 Å². The van der Waals surface area contributed by atoms with Gasteiger partial charge in [-0.3, -0.25) is 9.39 Å². The number of hydrogen-bond acceptors (Lipinski definition) is 3. The molecule has 0 aliphatic rings. The number of aromatic nitrogens is 3. The second-order valence-electron chi connectivity index (χ2n) is 7.43. The highest BCUT2D eigenvalue weighted by atomic mass is 127. The lowest BCUT2D eigenvalue weighted by Crippen LogP contribution is -2.39. The maximum absolute atomic E-state index is 13.4. The van der Waals surface area contributed by atoms with Gasteiger partial charge in [0.1, 0.15) is 11.6 Å². The molecule has 0 saturated carbocycles. The van der Waals surface area contributed by atoms with Crippen LogP contribution < -0.4 is 10.6 Å². The van der Waals surface area contributed by atoms with Crippen LogP contribution in [0.15, 0.2) is 47.6 Å². The smallest absolute Gasteiger partial charge is 0.191 e. The molecule has 2 heterocycles. The molecule has 0 amide bonds. The molecule has 162 valence electrons. The summed E-state index contributed by atoms with van der Waals surface area (Å²) in [5.41, 5.74) is 1.37. The quantitative estimate of drug-likeness (QED) is 0.266. The molecule has 3 rings (SSSR count). The summed E-state index contributed by atoms with van der Waals surface area (Å²) in [6, 6.07) is 10.3. The van der Waals surface area contributed by atoms with Gasteiger partial charge in [0.05, 0.1) is 6.54 Å². The number of halogens is 3. The van der Waals surface area contributed by atoms with Crippen molar-refractivity contribution in [3.8, 4) is 0 Å². The first-order valence-corrected chi connectivity index (χ1v) is 10.0. The Morgan fingerprint density at radius 3 is 2.73 bits per heavy atom. The third-order valence-electron chi connectivity index (χ3n) is 4.66. The molecular formula is C21H27ClFIN6. The summed E-state index contributed by atoms with van der Waals surface area (Å²) < 4.78 is 15.3. The van der Waals surface area contributed by atoms with Crippen LogP contribution in [0.3, 0.4) is 0 Å². The molecule has 0 saturated heterocycles. The van der Waals surface area contributed by atoms with E-state index in [-0.39, 0.29) is 35.2 Å². The van der Waals surface area contributed by atoms with E-state index in [9.17, 15) is 4.39 Å². The van der Waals surface area contributed by atoms with Gasteiger partial charge in [-0.25, -0.2) is 4.39 Å². The van der Waals surface area contributed by atoms with Crippen molar-refractivity contribution in [1.29, 1.82) is 0 Å². The monoisotopic (exact) mass is 544 g/mol. The fourth-order valence-corrected chi connectivity index (χ4v) is 3.52. The van der Waals surface area contributed by atoms with Gasteiger partial charge in [0.2, 0.25) is 0 Å². The van der Waals surface area contributed by atoms with Crippen molar-refractivity contribution in [1.82, 2.24) is 25.2 Å². The Bertz CT molecular complexity index is 1000. The van der Waals surface area contributed by atoms with Crippen LogP contribution in [0.1, 0.15) is 32.2 Å². The van der Waals surface area contributed by atoms with Crippen LogP contribution in [0.4, 0.5) is 4.39 Å². The summed E-state index contributed by atoms with van der Waals surface area (Å²) >= 11 is 6.24. The minimum atomic E-state index is -0.339. The Hall–Kier alpha value is -1.94. The van der Waals surface area contributed by atoms with Crippen LogP contribution in [-0.2, 0) is 11.8 Å². The molecule has 6 nitrogen and oxygen atoms in total. The van der Waals surface area contributed by atoms with Gasteiger partial charge in [-0.2, -0.15) is 0 Å². The molecule has 2 N–H and O–H groups in total. The molecule has 3 aromatic rings. The van der Waals surface area contributed by atoms with Gasteiger partial charge in [-0.1, -0.05) is 37.6 Å². The number of guanidine groups is 1. The highest BCUT2D eigenvalue weighted by molar-refractivity contribution is 14.0. The summed E-state index contributed by atoms with van der Waals surface area (Å²) in [6.45, 7) is 8.02. The molecule has 30 heavy (non-hydrogen) atoms. The van der Waals surface area contributed by atoms with Crippen LogP contribution in [0.2, 0.25) is 5.02 Å². The molecule has 0 radical (unpaired) electrons. The van der Waals surface area contributed by atoms with Crippen molar-refractivity contribution in [2.75, 3.05) is 19.6 Å². The molecule has 0 aliphatic heterocycles. The second kappa shape index (κ2) is 10.9. The van der Waals surface area contributed by atoms with E-state index < -0.39 is 0 Å². The lowest BCUT2D eigenvalue weighted by atomic mass is 9.84. The Morgan fingerprint density at radius 2 is 2.00 bits per heavy atom. The van der Waals surface area contributed by atoms with Crippen LogP contribution in [0.5, 0.6) is 0 Å². The van der Waals surface area contributed by atoms with Gasteiger partial charge >= 0.3 is 0 Å². The number of pyridine rings is 1. The molecule has 0 aliphatic carbocycles. The maximum atomic E-state index is 13.4. The molecule has 0 unspecified atom stereocenters. The van der Waals surface area contributed by atoms with Gasteiger partial charge in [-0.15, -0.1) is 34.2 Å². The predicted octanol–water partition coefficient (Wildman–Crippen LogP) is 4.22. The Balaban J connectivity index is 0.00000320. The number of nitrogens with one attached hydrogen (secondary N) is 2. The zero-order valence-electron chi connectivity index (χ0n) is 17.3. The van der Waals surface area contributed by atoms with E-state index >= 15 is 0 Å². The standard InChI is InChI=1S/C21H26ClFN6.HI/c1-4-24-20(25-11-10-19-28-27-18-7-5-6-12-29(18)19)26-14-21(2,3)16-9-8-15(23)13-17(16)22;/h5-9,12-13H,4,10-11,14H2,1-3H3,(H2,24,25,26);1H. The summed E-state index contributed by atoms with van der Waals surface area (Å²) in [6.07, 6.45) is 2.67. The van der Waals surface area contributed by atoms with Crippen molar-refractivity contribution < 1.29 is 4.39 Å². The molecule has 0 fully saturated rings. The number of aliphatic imine (C=N–C) groups is 1. The van der Waals surface area contributed by atoms with E-state index in [1.807, 2.05) is 49.6 Å². The average Bonchev–Trinajstić information content (AvgIpc) is 3.09. The molecular weight excluding hydrogens is 518 g/mol. The normalized spacial score (nSPS) is 12.0. The van der Waals surface area contributed by atoms with Crippen molar-refractivity contribution in [3.63, 3.8) is 0 Å². The number of hydrogen-bond donors (Lipinski definition) is 2. The third kappa shape index (κ3) is 6.04. The molecule has 0 atom stereocenters. The first-order valence-electron chi connectivity index (χ1n) is 9.67. The van der Waals surface area contributed by atoms with Crippen molar-refractivity contribution in [3.05, 3.63) is 64.8 Å². The van der Waals surface area contributed by atoms with E-state index in [4.69, 9.17) is 16.6 Å². The van der Waals surface area contributed by atoms with E-state index in [2.05, 4.69) is 20.8 Å². The first-order chi connectivity index (χ1) is 13.9. The highest BCUT2D eigenvalue weighted by Gasteiger charge is 2.23. The number of fused-ring (bicyclic) bond motifs is 1. The number of nitrogens with zero attached hydrogens (tertiary/aromatic N) is 4. The number of rotatable bonds is 7. The lowest BCUT2D eigenvalue weighted by molar-refractivity contribution is 0.534. The summed E-state index contributed by atoms with van der Waals surface area (Å²) in [4.78, 5) is 4.71. The minimum Gasteiger partial charge on any atom is -0.357 e. The average molecular weight is 545 g/mol. The van der Waals surface area contributed by atoms with E-state index in [0.29, 0.717) is 30.5 Å². The lowest BCUT2D eigenvalue weighted by Gasteiger charge is -2.25. The maximum Gasteiger partial charge on any atom is 0.191 e. The summed E-state index contributed by atoms with van der Waals surface area (Å²) in [5, 5.41) is 15.4. The zero-order chi connectivity index (χ0) is 20.9. The number of benzene rings is 1. The first kappa shape index (κ1) is 24.3. The van der Waals surface area contributed by atoms with Crippen LogP contribution in [0, 0.1) is 5.82 Å². The van der Waals surface area contributed by atoms with Crippen LogP contribution in [-0.4, -0.2) is 40.2 Å². The minimum absolute atomic E-state index is 0. The molecule has 0 spiro atoms. The molecule has 9 heteroatoms. The third-order valence-corrected chi connectivity index (χ3v) is 4.98. The van der Waals surface area contributed by atoms with Gasteiger partial charge < -0.3 is 10.6 Å². The summed E-state index contributed by atoms with van der Waals surface area (Å²) in [7, 11) is 0. The van der Waals surface area contributed by atoms with E-state index in [1.165, 1.54) is 12.1 Å².